The van der Waals surface area contributed by atoms with Crippen molar-refractivity contribution in [3.63, 3.8) is 0 Å². The molecule has 5 heteroatoms. The molecule has 2 aromatic rings. The van der Waals surface area contributed by atoms with E-state index in [9.17, 15) is 4.79 Å². The molecule has 5 nitrogen and oxygen atoms in total. The minimum Gasteiger partial charge on any atom is -0.493 e. The summed E-state index contributed by atoms with van der Waals surface area (Å²) in [5.41, 5.74) is 0.585. The number of rotatable bonds is 5. The quantitative estimate of drug-likeness (QED) is 0.755. The molecular formula is C13H14N2O3. The van der Waals surface area contributed by atoms with Gasteiger partial charge in [0.1, 0.15) is 0 Å². The van der Waals surface area contributed by atoms with Crippen molar-refractivity contribution >= 4 is 5.78 Å². The number of Topliss-reactive ketones (excluding diaryl/α,β-unsaturated/α-hetero) is 1. The Morgan fingerprint density at radius 3 is 2.67 bits per heavy atom. The third kappa shape index (κ3) is 2.51. The van der Waals surface area contributed by atoms with E-state index in [-0.39, 0.29) is 12.3 Å². The Morgan fingerprint density at radius 2 is 2.06 bits per heavy atom. The van der Waals surface area contributed by atoms with Gasteiger partial charge in [-0.3, -0.25) is 4.79 Å². The molecule has 0 atom stereocenters. The molecule has 0 unspecified atom stereocenters. The lowest BCUT2D eigenvalue weighted by molar-refractivity contribution is 0.0971. The molecule has 1 heterocycles. The van der Waals surface area contributed by atoms with Crippen LogP contribution in [-0.4, -0.2) is 29.6 Å². The summed E-state index contributed by atoms with van der Waals surface area (Å²) in [5.74, 6) is 1.15. The molecule has 0 radical (unpaired) electrons. The van der Waals surface area contributed by atoms with Gasteiger partial charge in [-0.25, -0.2) is 4.98 Å². The van der Waals surface area contributed by atoms with E-state index < -0.39 is 0 Å². The summed E-state index contributed by atoms with van der Waals surface area (Å²) < 4.78 is 12.0. The first-order chi connectivity index (χ1) is 8.74. The minimum absolute atomic E-state index is 0.00560. The lowest BCUT2D eigenvalue weighted by Gasteiger charge is -2.09. The van der Waals surface area contributed by atoms with E-state index in [0.717, 1.165) is 0 Å². The summed E-state index contributed by atoms with van der Waals surface area (Å²) in [5, 5.41) is 0. The summed E-state index contributed by atoms with van der Waals surface area (Å²) in [6.45, 7) is 0.259. The zero-order chi connectivity index (χ0) is 13.0. The van der Waals surface area contributed by atoms with Crippen LogP contribution in [0.3, 0.4) is 0 Å². The molecule has 0 fully saturated rings. The molecule has 1 aromatic carbocycles. The van der Waals surface area contributed by atoms with E-state index in [1.807, 2.05) is 0 Å². The van der Waals surface area contributed by atoms with Crippen LogP contribution in [0.1, 0.15) is 10.4 Å². The number of aromatic nitrogens is 2. The van der Waals surface area contributed by atoms with Crippen LogP contribution in [0.4, 0.5) is 0 Å². The number of hydrogen-bond acceptors (Lipinski definition) is 4. The van der Waals surface area contributed by atoms with Crippen molar-refractivity contribution in [2.24, 2.45) is 0 Å². The average molecular weight is 246 g/mol. The maximum absolute atomic E-state index is 12.0. The van der Waals surface area contributed by atoms with Gasteiger partial charge in [0.25, 0.3) is 0 Å². The maximum atomic E-state index is 12.0. The van der Waals surface area contributed by atoms with Gasteiger partial charge in [-0.05, 0) is 18.2 Å². The topological polar surface area (TPSA) is 53.4 Å². The molecule has 0 bridgehead atoms. The highest BCUT2D eigenvalue weighted by Crippen LogP contribution is 2.27. The fourth-order valence-corrected chi connectivity index (χ4v) is 1.65. The number of nitrogens with zero attached hydrogens (tertiary/aromatic N) is 2. The Bertz CT molecular complexity index is 535. The number of methoxy groups -OCH3 is 2. The number of ether oxygens (including phenoxy) is 2. The van der Waals surface area contributed by atoms with Gasteiger partial charge in [0.15, 0.2) is 17.3 Å². The molecule has 0 aliphatic carbocycles. The molecule has 0 spiro atoms. The molecule has 0 aliphatic heterocycles. The summed E-state index contributed by atoms with van der Waals surface area (Å²) >= 11 is 0. The Morgan fingerprint density at radius 1 is 1.28 bits per heavy atom. The van der Waals surface area contributed by atoms with E-state index >= 15 is 0 Å². The average Bonchev–Trinajstić information content (AvgIpc) is 2.90. The van der Waals surface area contributed by atoms with E-state index in [2.05, 4.69) is 4.98 Å². The van der Waals surface area contributed by atoms with Crippen molar-refractivity contribution in [1.29, 1.82) is 0 Å². The van der Waals surface area contributed by atoms with Crippen LogP contribution in [-0.2, 0) is 6.54 Å². The van der Waals surface area contributed by atoms with Gasteiger partial charge in [0.2, 0.25) is 0 Å². The molecule has 0 saturated heterocycles. The van der Waals surface area contributed by atoms with Gasteiger partial charge in [0.05, 0.1) is 27.1 Å². The highest BCUT2D eigenvalue weighted by Gasteiger charge is 2.11. The van der Waals surface area contributed by atoms with E-state index in [4.69, 9.17) is 9.47 Å². The van der Waals surface area contributed by atoms with Crippen LogP contribution in [0, 0.1) is 0 Å². The van der Waals surface area contributed by atoms with Gasteiger partial charge in [-0.1, -0.05) is 0 Å². The predicted molar refractivity (Wildman–Crippen MR) is 66.1 cm³/mol. The zero-order valence-corrected chi connectivity index (χ0v) is 10.3. The van der Waals surface area contributed by atoms with Crippen LogP contribution in [0.15, 0.2) is 36.9 Å². The van der Waals surface area contributed by atoms with Crippen molar-refractivity contribution < 1.29 is 14.3 Å². The molecule has 1 aromatic heterocycles. The van der Waals surface area contributed by atoms with Crippen LogP contribution in [0.5, 0.6) is 11.5 Å². The summed E-state index contributed by atoms with van der Waals surface area (Å²) in [7, 11) is 3.10. The van der Waals surface area contributed by atoms with Crippen molar-refractivity contribution in [2.75, 3.05) is 14.2 Å². The summed E-state index contributed by atoms with van der Waals surface area (Å²) in [4.78, 5) is 15.9. The van der Waals surface area contributed by atoms with Gasteiger partial charge >= 0.3 is 0 Å². The Balaban J connectivity index is 2.20. The normalized spacial score (nSPS) is 10.1. The number of carbonyl (C=O) groups is 1. The van der Waals surface area contributed by atoms with E-state index in [1.165, 1.54) is 0 Å². The van der Waals surface area contributed by atoms with Crippen molar-refractivity contribution in [3.05, 3.63) is 42.5 Å². The number of ketones is 1. The molecule has 0 N–H and O–H groups in total. The molecule has 0 aliphatic rings. The van der Waals surface area contributed by atoms with E-state index in [1.54, 1.807) is 55.7 Å². The van der Waals surface area contributed by atoms with Crippen LogP contribution in [0.2, 0.25) is 0 Å². The standard InChI is InChI=1S/C13H14N2O3/c1-17-12-4-3-10(7-13(12)18-2)11(16)8-15-6-5-14-9-15/h3-7,9H,8H2,1-2H3. The molecule has 18 heavy (non-hydrogen) atoms. The monoisotopic (exact) mass is 246 g/mol. The number of imidazole rings is 1. The Kier molecular flexibility index (Phi) is 3.62. The highest BCUT2D eigenvalue weighted by atomic mass is 16.5. The predicted octanol–water partition coefficient (Wildman–Crippen LogP) is 1.78. The van der Waals surface area contributed by atoms with E-state index in [0.29, 0.717) is 17.1 Å². The Hall–Kier alpha value is -2.30. The second-order valence-corrected chi connectivity index (χ2v) is 3.73. The fourth-order valence-electron chi connectivity index (χ4n) is 1.65. The number of hydrogen-bond donors (Lipinski definition) is 0. The molecule has 94 valence electrons. The SMILES string of the molecule is COc1ccc(C(=O)Cn2ccnc2)cc1OC. The second kappa shape index (κ2) is 5.35. The fraction of sp³-hybridized carbons (Fsp3) is 0.231. The van der Waals surface area contributed by atoms with Gasteiger partial charge in [-0.2, -0.15) is 0 Å². The van der Waals surface area contributed by atoms with Crippen LogP contribution >= 0.6 is 0 Å². The first kappa shape index (κ1) is 12.2. The third-order valence-electron chi connectivity index (χ3n) is 2.59. The minimum atomic E-state index is -0.00560. The highest BCUT2D eigenvalue weighted by molar-refractivity contribution is 5.96. The zero-order valence-electron chi connectivity index (χ0n) is 10.3. The second-order valence-electron chi connectivity index (χ2n) is 3.73. The van der Waals surface area contributed by atoms with Crippen molar-refractivity contribution in [1.82, 2.24) is 9.55 Å². The third-order valence-corrected chi connectivity index (χ3v) is 2.59. The lowest BCUT2D eigenvalue weighted by Crippen LogP contribution is -2.09. The van der Waals surface area contributed by atoms with Gasteiger partial charge in [-0.15, -0.1) is 0 Å². The molecule has 2 rings (SSSR count). The van der Waals surface area contributed by atoms with Crippen molar-refractivity contribution in [3.8, 4) is 11.5 Å². The lowest BCUT2D eigenvalue weighted by atomic mass is 10.1. The molecule has 0 amide bonds. The van der Waals surface area contributed by atoms with Crippen LogP contribution in [0.25, 0.3) is 0 Å². The molecule has 0 saturated carbocycles. The summed E-state index contributed by atoms with van der Waals surface area (Å²) in [6, 6.07) is 5.12. The smallest absolute Gasteiger partial charge is 0.182 e. The Labute approximate surface area is 105 Å². The number of benzene rings is 1. The number of carbonyl (C=O) groups excluding carboxylic acids is 1. The van der Waals surface area contributed by atoms with Gasteiger partial charge < -0.3 is 14.0 Å². The molecular weight excluding hydrogens is 232 g/mol. The van der Waals surface area contributed by atoms with Crippen molar-refractivity contribution in [2.45, 2.75) is 6.54 Å². The maximum Gasteiger partial charge on any atom is 0.182 e. The largest absolute Gasteiger partial charge is 0.493 e. The first-order valence-corrected chi connectivity index (χ1v) is 5.45. The van der Waals surface area contributed by atoms with Gasteiger partial charge in [0, 0.05) is 18.0 Å². The first-order valence-electron chi connectivity index (χ1n) is 5.45. The summed E-state index contributed by atoms with van der Waals surface area (Å²) in [6.07, 6.45) is 5.00. The van der Waals surface area contributed by atoms with Crippen LogP contribution < -0.4 is 9.47 Å².